The maximum absolute atomic E-state index is 6.36. The van der Waals surface area contributed by atoms with E-state index in [2.05, 4.69) is 46.4 Å². The van der Waals surface area contributed by atoms with Crippen molar-refractivity contribution in [2.45, 2.75) is 26.3 Å². The minimum absolute atomic E-state index is 0.195. The zero-order valence-electron chi connectivity index (χ0n) is 12.1. The van der Waals surface area contributed by atoms with Crippen molar-refractivity contribution >= 4 is 39.1 Å². The van der Waals surface area contributed by atoms with Gasteiger partial charge in [0.15, 0.2) is 0 Å². The Morgan fingerprint density at radius 3 is 2.48 bits per heavy atom. The topological polar surface area (TPSA) is 12.0 Å². The molecule has 4 heteroatoms. The number of halogens is 3. The third kappa shape index (κ3) is 4.46. The van der Waals surface area contributed by atoms with Crippen molar-refractivity contribution in [3.8, 4) is 0 Å². The van der Waals surface area contributed by atoms with E-state index >= 15 is 0 Å². The van der Waals surface area contributed by atoms with Crippen molar-refractivity contribution in [3.05, 3.63) is 67.6 Å². The number of nitrogens with one attached hydrogen (secondary N) is 1. The van der Waals surface area contributed by atoms with Crippen LogP contribution in [0.1, 0.15) is 29.7 Å². The Balaban J connectivity index is 2.28. The minimum Gasteiger partial charge on any atom is -0.310 e. The standard InChI is InChI=1S/C17H18BrCl2N/c1-3-21-17(13-6-7-14(18)16(20)9-13)10-12-5-4-11(2)8-15(12)19/h4-9,17,21H,3,10H2,1-2H3. The van der Waals surface area contributed by atoms with Crippen molar-refractivity contribution in [2.24, 2.45) is 0 Å². The normalized spacial score (nSPS) is 12.4. The molecule has 21 heavy (non-hydrogen) atoms. The second-order valence-corrected chi connectivity index (χ2v) is 6.75. The summed E-state index contributed by atoms with van der Waals surface area (Å²) in [4.78, 5) is 0. The molecular formula is C17H18BrCl2N. The number of rotatable bonds is 5. The zero-order chi connectivity index (χ0) is 15.4. The maximum Gasteiger partial charge on any atom is 0.0551 e. The van der Waals surface area contributed by atoms with Gasteiger partial charge in [-0.05, 0) is 70.7 Å². The molecule has 0 heterocycles. The van der Waals surface area contributed by atoms with Crippen molar-refractivity contribution in [3.63, 3.8) is 0 Å². The quantitative estimate of drug-likeness (QED) is 0.668. The maximum atomic E-state index is 6.36. The predicted octanol–water partition coefficient (Wildman–Crippen LogP) is 5.96. The SMILES string of the molecule is CCNC(Cc1ccc(C)cc1Cl)c1ccc(Br)c(Cl)c1. The van der Waals surface area contributed by atoms with Gasteiger partial charge in [-0.1, -0.05) is 48.3 Å². The number of hydrogen-bond donors (Lipinski definition) is 1. The summed E-state index contributed by atoms with van der Waals surface area (Å²) in [6.45, 7) is 5.04. The van der Waals surface area contributed by atoms with Crippen LogP contribution in [-0.2, 0) is 6.42 Å². The average molecular weight is 387 g/mol. The molecule has 0 spiro atoms. The first kappa shape index (κ1) is 16.8. The van der Waals surface area contributed by atoms with Gasteiger partial charge in [0.25, 0.3) is 0 Å². The molecule has 0 aliphatic carbocycles. The minimum atomic E-state index is 0.195. The van der Waals surface area contributed by atoms with Crippen LogP contribution in [0.5, 0.6) is 0 Å². The van der Waals surface area contributed by atoms with Crippen LogP contribution in [0.25, 0.3) is 0 Å². The van der Waals surface area contributed by atoms with Crippen molar-refractivity contribution in [1.29, 1.82) is 0 Å². The molecule has 2 aromatic rings. The van der Waals surface area contributed by atoms with E-state index in [-0.39, 0.29) is 6.04 Å². The van der Waals surface area contributed by atoms with Crippen LogP contribution >= 0.6 is 39.1 Å². The summed E-state index contributed by atoms with van der Waals surface area (Å²) < 4.78 is 0.913. The van der Waals surface area contributed by atoms with Gasteiger partial charge in [0.2, 0.25) is 0 Å². The van der Waals surface area contributed by atoms with E-state index in [0.29, 0.717) is 0 Å². The number of hydrogen-bond acceptors (Lipinski definition) is 1. The third-order valence-corrected chi connectivity index (χ3v) is 5.01. The van der Waals surface area contributed by atoms with E-state index < -0.39 is 0 Å². The molecule has 0 amide bonds. The second kappa shape index (κ2) is 7.64. The van der Waals surface area contributed by atoms with E-state index in [1.165, 1.54) is 11.1 Å². The molecule has 0 saturated heterocycles. The lowest BCUT2D eigenvalue weighted by molar-refractivity contribution is 0.550. The fraction of sp³-hybridized carbons (Fsp3) is 0.294. The van der Waals surface area contributed by atoms with E-state index in [1.54, 1.807) is 0 Å². The summed E-state index contributed by atoms with van der Waals surface area (Å²) >= 11 is 16.0. The third-order valence-electron chi connectivity index (χ3n) is 3.43. The number of benzene rings is 2. The van der Waals surface area contributed by atoms with Crippen LogP contribution in [0.2, 0.25) is 10.0 Å². The first-order valence-electron chi connectivity index (χ1n) is 6.94. The van der Waals surface area contributed by atoms with Gasteiger partial charge in [-0.25, -0.2) is 0 Å². The Kier molecular flexibility index (Phi) is 6.12. The molecule has 2 rings (SSSR count). The summed E-state index contributed by atoms with van der Waals surface area (Å²) in [5, 5.41) is 5.05. The van der Waals surface area contributed by atoms with Crippen molar-refractivity contribution in [1.82, 2.24) is 5.32 Å². The first-order chi connectivity index (χ1) is 10.0. The predicted molar refractivity (Wildman–Crippen MR) is 95.5 cm³/mol. The monoisotopic (exact) mass is 385 g/mol. The summed E-state index contributed by atoms with van der Waals surface area (Å²) in [6, 6.07) is 12.5. The van der Waals surface area contributed by atoms with E-state index in [1.807, 2.05) is 25.1 Å². The molecule has 0 fully saturated rings. The van der Waals surface area contributed by atoms with Crippen molar-refractivity contribution in [2.75, 3.05) is 6.54 Å². The Hall–Kier alpha value is -0.540. The molecule has 0 aliphatic heterocycles. The van der Waals surface area contributed by atoms with Crippen LogP contribution < -0.4 is 5.32 Å². The molecule has 112 valence electrons. The Bertz CT molecular complexity index is 628. The fourth-order valence-electron chi connectivity index (χ4n) is 2.32. The molecule has 0 aliphatic rings. The molecule has 0 bridgehead atoms. The van der Waals surface area contributed by atoms with Gasteiger partial charge in [0, 0.05) is 15.5 Å². The lowest BCUT2D eigenvalue weighted by Gasteiger charge is -2.20. The molecule has 1 nitrogen and oxygen atoms in total. The van der Waals surface area contributed by atoms with Crippen LogP contribution in [0.3, 0.4) is 0 Å². The smallest absolute Gasteiger partial charge is 0.0551 e. The van der Waals surface area contributed by atoms with Crippen LogP contribution in [0.4, 0.5) is 0 Å². The Labute approximate surface area is 144 Å². The van der Waals surface area contributed by atoms with E-state index in [4.69, 9.17) is 23.2 Å². The molecule has 1 atom stereocenters. The van der Waals surface area contributed by atoms with Crippen LogP contribution in [0, 0.1) is 6.92 Å². The zero-order valence-corrected chi connectivity index (χ0v) is 15.2. The first-order valence-corrected chi connectivity index (χ1v) is 8.49. The van der Waals surface area contributed by atoms with Crippen molar-refractivity contribution < 1.29 is 0 Å². The summed E-state index contributed by atoms with van der Waals surface area (Å²) in [7, 11) is 0. The summed E-state index contributed by atoms with van der Waals surface area (Å²) in [5.41, 5.74) is 3.49. The highest BCUT2D eigenvalue weighted by molar-refractivity contribution is 9.10. The Morgan fingerprint density at radius 1 is 1.10 bits per heavy atom. The Morgan fingerprint density at radius 2 is 1.86 bits per heavy atom. The molecular weight excluding hydrogens is 369 g/mol. The fourth-order valence-corrected chi connectivity index (χ4v) is 3.07. The van der Waals surface area contributed by atoms with E-state index in [9.17, 15) is 0 Å². The van der Waals surface area contributed by atoms with Gasteiger partial charge < -0.3 is 5.32 Å². The number of likely N-dealkylation sites (N-methyl/N-ethyl adjacent to an activating group) is 1. The van der Waals surface area contributed by atoms with E-state index in [0.717, 1.165) is 33.0 Å². The van der Waals surface area contributed by atoms with Gasteiger partial charge >= 0.3 is 0 Å². The lowest BCUT2D eigenvalue weighted by Crippen LogP contribution is -2.23. The van der Waals surface area contributed by atoms with Gasteiger partial charge in [-0.3, -0.25) is 0 Å². The number of aryl methyl sites for hydroxylation is 1. The molecule has 0 aromatic heterocycles. The van der Waals surface area contributed by atoms with Gasteiger partial charge in [-0.2, -0.15) is 0 Å². The van der Waals surface area contributed by atoms with Gasteiger partial charge in [-0.15, -0.1) is 0 Å². The second-order valence-electron chi connectivity index (χ2n) is 5.08. The highest BCUT2D eigenvalue weighted by Gasteiger charge is 2.14. The van der Waals surface area contributed by atoms with Crippen LogP contribution in [0.15, 0.2) is 40.9 Å². The summed E-state index contributed by atoms with van der Waals surface area (Å²) in [5.74, 6) is 0. The molecule has 0 saturated carbocycles. The van der Waals surface area contributed by atoms with Gasteiger partial charge in [0.05, 0.1) is 5.02 Å². The lowest BCUT2D eigenvalue weighted by atomic mass is 9.98. The molecule has 1 unspecified atom stereocenters. The summed E-state index contributed by atoms with van der Waals surface area (Å²) in [6.07, 6.45) is 0.838. The average Bonchev–Trinajstić information content (AvgIpc) is 2.44. The largest absolute Gasteiger partial charge is 0.310 e. The molecule has 1 N–H and O–H groups in total. The highest BCUT2D eigenvalue weighted by atomic mass is 79.9. The highest BCUT2D eigenvalue weighted by Crippen LogP contribution is 2.29. The van der Waals surface area contributed by atoms with Crippen LogP contribution in [-0.4, -0.2) is 6.54 Å². The van der Waals surface area contributed by atoms with Gasteiger partial charge in [0.1, 0.15) is 0 Å². The molecule has 2 aromatic carbocycles. The molecule has 0 radical (unpaired) electrons.